The Kier molecular flexibility index (Phi) is 10.3. The van der Waals surface area contributed by atoms with E-state index in [1.807, 2.05) is 0 Å². The van der Waals surface area contributed by atoms with Crippen molar-refractivity contribution in [1.82, 2.24) is 0 Å². The number of ether oxygens (including phenoxy) is 4. The number of rotatable bonds is 12. The van der Waals surface area contributed by atoms with Crippen LogP contribution in [0.4, 0.5) is 0 Å². The van der Waals surface area contributed by atoms with E-state index in [1.54, 1.807) is 0 Å². The second kappa shape index (κ2) is 11.9. The van der Waals surface area contributed by atoms with E-state index in [2.05, 4.69) is 31.2 Å². The number of esters is 4. The molecule has 9 heteroatoms. The molecule has 0 aliphatic carbocycles. The predicted octanol–water partition coefficient (Wildman–Crippen LogP) is 1.53. The highest BCUT2D eigenvalue weighted by Gasteiger charge is 2.38. The Morgan fingerprint density at radius 3 is 1.61 bits per heavy atom. The third-order valence-corrected chi connectivity index (χ3v) is 3.11. The fraction of sp³-hybridized carbons (Fsp3) is 0.316. The van der Waals surface area contributed by atoms with Crippen molar-refractivity contribution in [2.24, 2.45) is 5.41 Å². The van der Waals surface area contributed by atoms with Crippen molar-refractivity contribution < 1.29 is 38.1 Å². The lowest BCUT2D eigenvalue weighted by Gasteiger charge is -2.31. The molecule has 0 spiro atoms. The van der Waals surface area contributed by atoms with Gasteiger partial charge in [-0.1, -0.05) is 26.3 Å². The number of hydrogen-bond acceptors (Lipinski definition) is 8. The third kappa shape index (κ3) is 8.62. The van der Waals surface area contributed by atoms with E-state index < -0.39 is 61.4 Å². The highest BCUT2D eigenvalue weighted by molar-refractivity contribution is 5.89. The lowest BCUT2D eigenvalue weighted by Crippen LogP contribution is -2.43. The Balaban J connectivity index is 5.60. The molecule has 0 N–H and O–H groups in total. The Hall–Kier alpha value is -3.67. The van der Waals surface area contributed by atoms with E-state index in [0.29, 0.717) is 0 Å². The zero-order valence-electron chi connectivity index (χ0n) is 15.5. The normalized spacial score (nSPS) is 9.86. The van der Waals surface area contributed by atoms with E-state index in [-0.39, 0.29) is 5.57 Å². The summed E-state index contributed by atoms with van der Waals surface area (Å²) in [5.41, 5.74) is -1.85. The molecule has 0 bridgehead atoms. The Bertz CT molecular complexity index is 705. The summed E-state index contributed by atoms with van der Waals surface area (Å²) in [5, 5.41) is 0. The first-order valence-electron chi connectivity index (χ1n) is 7.75. The quantitative estimate of drug-likeness (QED) is 0.213. The first-order valence-corrected chi connectivity index (χ1v) is 7.75. The Morgan fingerprint density at radius 1 is 0.857 bits per heavy atom. The van der Waals surface area contributed by atoms with Crippen LogP contribution in [0.1, 0.15) is 6.92 Å². The molecule has 0 saturated heterocycles. The molecule has 28 heavy (non-hydrogen) atoms. The lowest BCUT2D eigenvalue weighted by molar-refractivity contribution is -0.164. The van der Waals surface area contributed by atoms with Gasteiger partial charge in [0.25, 0.3) is 5.70 Å². The van der Waals surface area contributed by atoms with Gasteiger partial charge in [0.05, 0.1) is 6.57 Å². The highest BCUT2D eigenvalue weighted by Crippen LogP contribution is 2.22. The van der Waals surface area contributed by atoms with Gasteiger partial charge in [-0.05, 0) is 6.92 Å². The van der Waals surface area contributed by atoms with Crippen LogP contribution in [-0.2, 0) is 38.1 Å². The summed E-state index contributed by atoms with van der Waals surface area (Å²) in [6.45, 7) is 19.5. The molecule has 0 rings (SSSR count). The molecule has 0 heterocycles. The molecule has 0 radical (unpaired) electrons. The standard InChI is InChI=1S/C19H21NO8/c1-7-15(21)25-9-19(10-26-16(22)8-2,11-27-17(23)13(3)4)12-28-18(24)14(5)20-6/h7-8H,1-3,5,9-12H2,4H3. The molecular formula is C19H21NO8. The van der Waals surface area contributed by atoms with Crippen LogP contribution < -0.4 is 0 Å². The number of nitrogens with zero attached hydrogens (tertiary/aromatic N) is 1. The molecule has 0 aromatic heterocycles. The summed E-state index contributed by atoms with van der Waals surface area (Å²) < 4.78 is 20.0. The summed E-state index contributed by atoms with van der Waals surface area (Å²) in [6.07, 6.45) is 1.79. The highest BCUT2D eigenvalue weighted by atomic mass is 16.6. The van der Waals surface area contributed by atoms with Crippen LogP contribution in [0.25, 0.3) is 4.85 Å². The maximum Gasteiger partial charge on any atom is 0.335 e. The molecule has 0 unspecified atom stereocenters. The minimum atomic E-state index is -1.46. The van der Waals surface area contributed by atoms with Gasteiger partial charge in [-0.3, -0.25) is 4.79 Å². The van der Waals surface area contributed by atoms with E-state index in [0.717, 1.165) is 12.2 Å². The van der Waals surface area contributed by atoms with Crippen molar-refractivity contribution in [1.29, 1.82) is 0 Å². The van der Waals surface area contributed by atoms with E-state index >= 15 is 0 Å². The van der Waals surface area contributed by atoms with Gasteiger partial charge in [-0.25, -0.2) is 19.2 Å². The molecule has 0 aromatic rings. The fourth-order valence-corrected chi connectivity index (χ4v) is 1.51. The summed E-state index contributed by atoms with van der Waals surface area (Å²) >= 11 is 0. The maximum atomic E-state index is 11.8. The van der Waals surface area contributed by atoms with E-state index in [9.17, 15) is 19.2 Å². The Labute approximate surface area is 162 Å². The van der Waals surface area contributed by atoms with Crippen LogP contribution in [0.5, 0.6) is 0 Å². The van der Waals surface area contributed by atoms with Gasteiger partial charge in [0, 0.05) is 17.7 Å². The molecule has 0 aliphatic heterocycles. The molecule has 0 amide bonds. The molecule has 9 nitrogen and oxygen atoms in total. The van der Waals surface area contributed by atoms with Gasteiger partial charge >= 0.3 is 23.9 Å². The summed E-state index contributed by atoms with van der Waals surface area (Å²) in [4.78, 5) is 49.2. The molecule has 0 aromatic carbocycles. The van der Waals surface area contributed by atoms with Crippen LogP contribution in [0.15, 0.2) is 49.7 Å². The summed E-state index contributed by atoms with van der Waals surface area (Å²) in [5.74, 6) is -3.40. The van der Waals surface area contributed by atoms with E-state index in [4.69, 9.17) is 25.5 Å². The van der Waals surface area contributed by atoms with Crippen molar-refractivity contribution in [2.45, 2.75) is 6.92 Å². The number of carbonyl (C=O) groups excluding carboxylic acids is 4. The van der Waals surface area contributed by atoms with Gasteiger partial charge in [0.15, 0.2) is 0 Å². The van der Waals surface area contributed by atoms with Crippen molar-refractivity contribution in [2.75, 3.05) is 26.4 Å². The fourth-order valence-electron chi connectivity index (χ4n) is 1.51. The first-order chi connectivity index (χ1) is 13.1. The van der Waals surface area contributed by atoms with Gasteiger partial charge in [0.1, 0.15) is 31.8 Å². The van der Waals surface area contributed by atoms with Crippen molar-refractivity contribution in [3.8, 4) is 0 Å². The minimum absolute atomic E-state index is 0.0958. The molecule has 0 atom stereocenters. The van der Waals surface area contributed by atoms with Gasteiger partial charge in [0.2, 0.25) is 0 Å². The number of carbonyl (C=O) groups is 4. The van der Waals surface area contributed by atoms with Crippen molar-refractivity contribution >= 4 is 23.9 Å². The topological polar surface area (TPSA) is 110 Å². The molecule has 150 valence electrons. The summed E-state index contributed by atoms with van der Waals surface area (Å²) in [7, 11) is 0. The van der Waals surface area contributed by atoms with Gasteiger partial charge in [-0.15, -0.1) is 0 Å². The van der Waals surface area contributed by atoms with Crippen LogP contribution in [-0.4, -0.2) is 50.3 Å². The largest absolute Gasteiger partial charge is 0.470 e. The van der Waals surface area contributed by atoms with Crippen LogP contribution in [0.2, 0.25) is 0 Å². The summed E-state index contributed by atoms with van der Waals surface area (Å²) in [6, 6.07) is 0. The zero-order chi connectivity index (χ0) is 21.7. The smallest absolute Gasteiger partial charge is 0.335 e. The minimum Gasteiger partial charge on any atom is -0.470 e. The zero-order valence-corrected chi connectivity index (χ0v) is 15.5. The molecule has 0 aliphatic rings. The lowest BCUT2D eigenvalue weighted by atomic mass is 9.92. The average molecular weight is 391 g/mol. The molecule has 0 saturated carbocycles. The predicted molar refractivity (Wildman–Crippen MR) is 97.2 cm³/mol. The second-order valence-corrected chi connectivity index (χ2v) is 5.61. The van der Waals surface area contributed by atoms with Crippen LogP contribution in [0.3, 0.4) is 0 Å². The maximum absolute atomic E-state index is 11.8. The van der Waals surface area contributed by atoms with Gasteiger partial charge in [-0.2, -0.15) is 0 Å². The van der Waals surface area contributed by atoms with Crippen LogP contribution in [0, 0.1) is 12.0 Å². The second-order valence-electron chi connectivity index (χ2n) is 5.61. The number of hydrogen-bond donors (Lipinski definition) is 0. The third-order valence-electron chi connectivity index (χ3n) is 3.11. The Morgan fingerprint density at radius 2 is 1.25 bits per heavy atom. The van der Waals surface area contributed by atoms with E-state index in [1.165, 1.54) is 6.92 Å². The average Bonchev–Trinajstić information content (AvgIpc) is 2.70. The van der Waals surface area contributed by atoms with Crippen molar-refractivity contribution in [3.63, 3.8) is 0 Å². The van der Waals surface area contributed by atoms with Crippen LogP contribution >= 0.6 is 0 Å². The van der Waals surface area contributed by atoms with Gasteiger partial charge < -0.3 is 18.9 Å². The first kappa shape index (κ1) is 24.3. The monoisotopic (exact) mass is 391 g/mol. The molecule has 0 fully saturated rings. The molecular weight excluding hydrogens is 370 g/mol. The SMILES string of the molecule is [C-]#[N+]C(=C)C(=O)OCC(COC(=O)C=C)(COC(=O)C=C)COC(=O)C(=C)C. The van der Waals surface area contributed by atoms with Crippen molar-refractivity contribution in [3.05, 3.63) is 61.2 Å².